The predicted molar refractivity (Wildman–Crippen MR) is 65.2 cm³/mol. The fourth-order valence-electron chi connectivity index (χ4n) is 2.11. The Balaban J connectivity index is 1.91. The van der Waals surface area contributed by atoms with E-state index in [2.05, 4.69) is 9.97 Å². The summed E-state index contributed by atoms with van der Waals surface area (Å²) in [5.74, 6) is -0.746. The van der Waals surface area contributed by atoms with Crippen molar-refractivity contribution in [1.29, 1.82) is 0 Å². The van der Waals surface area contributed by atoms with Crippen LogP contribution in [-0.4, -0.2) is 27.7 Å². The minimum Gasteiger partial charge on any atom is -0.481 e. The SMILES string of the molecule is O=C(O)C1(CCOc2ncccn2)CC=CCC1. The van der Waals surface area contributed by atoms with Gasteiger partial charge in [0, 0.05) is 12.4 Å². The largest absolute Gasteiger partial charge is 0.481 e. The number of rotatable bonds is 5. The van der Waals surface area contributed by atoms with Crippen LogP contribution in [-0.2, 0) is 4.79 Å². The topological polar surface area (TPSA) is 72.3 Å². The van der Waals surface area contributed by atoms with Crippen molar-refractivity contribution in [3.8, 4) is 6.01 Å². The summed E-state index contributed by atoms with van der Waals surface area (Å²) in [4.78, 5) is 19.3. The molecular formula is C13H16N2O3. The summed E-state index contributed by atoms with van der Waals surface area (Å²) in [6, 6.07) is 2.00. The minimum atomic E-state index is -0.746. The highest BCUT2D eigenvalue weighted by molar-refractivity contribution is 5.75. The zero-order chi connectivity index (χ0) is 12.8. The van der Waals surface area contributed by atoms with Crippen LogP contribution in [0.5, 0.6) is 6.01 Å². The van der Waals surface area contributed by atoms with Gasteiger partial charge in [-0.25, -0.2) is 9.97 Å². The smallest absolute Gasteiger partial charge is 0.316 e. The molecule has 0 saturated carbocycles. The average molecular weight is 248 g/mol. The second kappa shape index (κ2) is 5.62. The van der Waals surface area contributed by atoms with E-state index in [4.69, 9.17) is 4.74 Å². The third kappa shape index (κ3) is 2.85. The summed E-state index contributed by atoms with van der Waals surface area (Å²) in [6.45, 7) is 0.324. The van der Waals surface area contributed by atoms with E-state index in [0.717, 1.165) is 6.42 Å². The number of ether oxygens (including phenoxy) is 1. The molecule has 18 heavy (non-hydrogen) atoms. The maximum atomic E-state index is 11.4. The molecule has 1 aliphatic rings. The second-order valence-electron chi connectivity index (χ2n) is 4.43. The van der Waals surface area contributed by atoms with Crippen LogP contribution in [0.2, 0.25) is 0 Å². The molecule has 0 radical (unpaired) electrons. The summed E-state index contributed by atoms with van der Waals surface area (Å²) >= 11 is 0. The van der Waals surface area contributed by atoms with Crippen molar-refractivity contribution >= 4 is 5.97 Å². The van der Waals surface area contributed by atoms with Gasteiger partial charge in [-0.05, 0) is 31.7 Å². The first-order valence-electron chi connectivity index (χ1n) is 6.01. The number of carbonyl (C=O) groups is 1. The second-order valence-corrected chi connectivity index (χ2v) is 4.43. The summed E-state index contributed by atoms with van der Waals surface area (Å²) < 4.78 is 5.37. The molecule has 0 saturated heterocycles. The molecule has 0 bridgehead atoms. The summed E-state index contributed by atoms with van der Waals surface area (Å²) in [5.41, 5.74) is -0.691. The van der Waals surface area contributed by atoms with E-state index >= 15 is 0 Å². The van der Waals surface area contributed by atoms with E-state index in [-0.39, 0.29) is 0 Å². The van der Waals surface area contributed by atoms with Crippen molar-refractivity contribution in [3.05, 3.63) is 30.6 Å². The summed E-state index contributed by atoms with van der Waals surface area (Å²) in [7, 11) is 0. The maximum absolute atomic E-state index is 11.4. The van der Waals surface area contributed by atoms with Crippen molar-refractivity contribution in [2.45, 2.75) is 25.7 Å². The average Bonchev–Trinajstić information content (AvgIpc) is 2.41. The lowest BCUT2D eigenvalue weighted by molar-refractivity contribution is -0.150. The van der Waals surface area contributed by atoms with Crippen molar-refractivity contribution < 1.29 is 14.6 Å². The Morgan fingerprint density at radius 2 is 2.17 bits per heavy atom. The molecule has 0 spiro atoms. The zero-order valence-electron chi connectivity index (χ0n) is 10.1. The zero-order valence-corrected chi connectivity index (χ0v) is 10.1. The Bertz CT molecular complexity index is 433. The van der Waals surface area contributed by atoms with Gasteiger partial charge in [-0.15, -0.1) is 0 Å². The monoisotopic (exact) mass is 248 g/mol. The fourth-order valence-corrected chi connectivity index (χ4v) is 2.11. The van der Waals surface area contributed by atoms with E-state index in [1.165, 1.54) is 0 Å². The highest BCUT2D eigenvalue weighted by Crippen LogP contribution is 2.36. The van der Waals surface area contributed by atoms with Gasteiger partial charge in [0.15, 0.2) is 0 Å². The van der Waals surface area contributed by atoms with Gasteiger partial charge in [-0.3, -0.25) is 4.79 Å². The molecule has 96 valence electrons. The highest BCUT2D eigenvalue weighted by atomic mass is 16.5. The minimum absolute atomic E-state index is 0.296. The van der Waals surface area contributed by atoms with E-state index in [0.29, 0.717) is 31.9 Å². The lowest BCUT2D eigenvalue weighted by Gasteiger charge is -2.30. The molecule has 2 rings (SSSR count). The van der Waals surface area contributed by atoms with Crippen LogP contribution >= 0.6 is 0 Å². The molecule has 1 aromatic heterocycles. The number of hydrogen-bond donors (Lipinski definition) is 1. The molecule has 1 heterocycles. The first-order chi connectivity index (χ1) is 8.73. The van der Waals surface area contributed by atoms with Crippen LogP contribution < -0.4 is 4.74 Å². The molecule has 1 atom stereocenters. The third-order valence-electron chi connectivity index (χ3n) is 3.27. The highest BCUT2D eigenvalue weighted by Gasteiger charge is 2.37. The number of carboxylic acid groups (broad SMARTS) is 1. The maximum Gasteiger partial charge on any atom is 0.316 e. The van der Waals surface area contributed by atoms with Gasteiger partial charge in [-0.2, -0.15) is 0 Å². The van der Waals surface area contributed by atoms with Crippen LogP contribution in [0.15, 0.2) is 30.6 Å². The van der Waals surface area contributed by atoms with E-state index < -0.39 is 11.4 Å². The van der Waals surface area contributed by atoms with Gasteiger partial charge in [0.2, 0.25) is 0 Å². The van der Waals surface area contributed by atoms with Crippen molar-refractivity contribution in [2.24, 2.45) is 5.41 Å². The van der Waals surface area contributed by atoms with Gasteiger partial charge in [0.25, 0.3) is 0 Å². The van der Waals surface area contributed by atoms with Crippen LogP contribution in [0.1, 0.15) is 25.7 Å². The molecule has 1 unspecified atom stereocenters. The molecule has 5 nitrogen and oxygen atoms in total. The van der Waals surface area contributed by atoms with Gasteiger partial charge in [0.1, 0.15) is 0 Å². The van der Waals surface area contributed by atoms with Crippen molar-refractivity contribution in [2.75, 3.05) is 6.61 Å². The van der Waals surface area contributed by atoms with Gasteiger partial charge in [-0.1, -0.05) is 12.2 Å². The molecule has 0 fully saturated rings. The quantitative estimate of drug-likeness (QED) is 0.807. The Kier molecular flexibility index (Phi) is 3.92. The van der Waals surface area contributed by atoms with E-state index in [1.807, 2.05) is 12.2 Å². The lowest BCUT2D eigenvalue weighted by atomic mass is 9.75. The number of hydrogen-bond acceptors (Lipinski definition) is 4. The predicted octanol–water partition coefficient (Wildman–Crippen LogP) is 2.06. The first kappa shape index (κ1) is 12.5. The van der Waals surface area contributed by atoms with Crippen molar-refractivity contribution in [3.63, 3.8) is 0 Å². The molecule has 1 N–H and O–H groups in total. The van der Waals surface area contributed by atoms with E-state index in [9.17, 15) is 9.90 Å². The number of carboxylic acids is 1. The van der Waals surface area contributed by atoms with E-state index in [1.54, 1.807) is 18.5 Å². The first-order valence-corrected chi connectivity index (χ1v) is 6.01. The normalized spacial score (nSPS) is 22.7. The van der Waals surface area contributed by atoms with Crippen molar-refractivity contribution in [1.82, 2.24) is 9.97 Å². The number of nitrogens with zero attached hydrogens (tertiary/aromatic N) is 2. The molecular weight excluding hydrogens is 232 g/mol. The standard InChI is InChI=1S/C13H16N2O3/c16-11(17)13(5-2-1-3-6-13)7-10-18-12-14-8-4-9-15-12/h1-2,4,8-9H,3,5-7,10H2,(H,16,17). The summed E-state index contributed by atoms with van der Waals surface area (Å²) in [5, 5.41) is 9.37. The fraction of sp³-hybridized carbons (Fsp3) is 0.462. The number of allylic oxidation sites excluding steroid dienone is 2. The number of aliphatic carboxylic acids is 1. The Hall–Kier alpha value is -1.91. The number of aromatic nitrogens is 2. The molecule has 0 aromatic carbocycles. The molecule has 0 aliphatic heterocycles. The van der Waals surface area contributed by atoms with Gasteiger partial charge in [0.05, 0.1) is 12.0 Å². The van der Waals surface area contributed by atoms with Gasteiger partial charge >= 0.3 is 12.0 Å². The molecule has 1 aromatic rings. The van der Waals surface area contributed by atoms with Crippen LogP contribution in [0.3, 0.4) is 0 Å². The van der Waals surface area contributed by atoms with Crippen LogP contribution in [0.25, 0.3) is 0 Å². The van der Waals surface area contributed by atoms with Crippen LogP contribution in [0.4, 0.5) is 0 Å². The Morgan fingerprint density at radius 1 is 1.39 bits per heavy atom. The molecule has 0 amide bonds. The molecule has 1 aliphatic carbocycles. The van der Waals surface area contributed by atoms with Crippen LogP contribution in [0, 0.1) is 5.41 Å². The van der Waals surface area contributed by atoms with Gasteiger partial charge < -0.3 is 9.84 Å². The Morgan fingerprint density at radius 3 is 2.78 bits per heavy atom. The Labute approximate surface area is 106 Å². The molecule has 5 heteroatoms. The lowest BCUT2D eigenvalue weighted by Crippen LogP contribution is -2.33. The summed E-state index contributed by atoms with van der Waals surface area (Å²) in [6.07, 6.45) is 9.69. The third-order valence-corrected chi connectivity index (χ3v) is 3.27.